The van der Waals surface area contributed by atoms with Crippen LogP contribution in [0.4, 0.5) is 10.7 Å². The SMILES string of the molecule is Cc1cc(C)nc(NC(=O)NS(=O)(=O)c2c(Cl)nc3scc(C)n23)n1. The minimum absolute atomic E-state index is 0.00134. The fourth-order valence-electron chi connectivity index (χ4n) is 2.25. The number of imidazole rings is 1. The van der Waals surface area contributed by atoms with Gasteiger partial charge >= 0.3 is 6.03 Å². The van der Waals surface area contributed by atoms with Crippen LogP contribution in [0, 0.1) is 20.8 Å². The first-order valence-electron chi connectivity index (χ1n) is 6.95. The first kappa shape index (κ1) is 17.6. The van der Waals surface area contributed by atoms with Gasteiger partial charge in [0.25, 0.3) is 10.0 Å². The van der Waals surface area contributed by atoms with Gasteiger partial charge in [0, 0.05) is 22.5 Å². The van der Waals surface area contributed by atoms with Crippen molar-refractivity contribution in [2.45, 2.75) is 25.8 Å². The average molecular weight is 401 g/mol. The molecule has 0 aliphatic rings. The quantitative estimate of drug-likeness (QED) is 0.696. The zero-order valence-electron chi connectivity index (χ0n) is 13.4. The standard InChI is InChI=1S/C13H13ClN6O3S2/c1-6-4-7(2)16-11(15-6)18-12(21)19-25(22,23)10-9(14)17-13-20(10)8(3)5-24-13/h4-5H,1-3H3,(H2,15,16,18,19,21). The number of aromatic nitrogens is 4. The van der Waals surface area contributed by atoms with Gasteiger partial charge in [-0.3, -0.25) is 9.72 Å². The minimum atomic E-state index is -4.25. The van der Waals surface area contributed by atoms with Gasteiger partial charge in [0.2, 0.25) is 5.95 Å². The predicted octanol–water partition coefficient (Wildman–Crippen LogP) is 2.27. The van der Waals surface area contributed by atoms with Crippen LogP contribution >= 0.6 is 22.9 Å². The highest BCUT2D eigenvalue weighted by molar-refractivity contribution is 7.90. The highest BCUT2D eigenvalue weighted by Crippen LogP contribution is 2.27. The Morgan fingerprint density at radius 2 is 1.84 bits per heavy atom. The second-order valence-electron chi connectivity index (χ2n) is 5.24. The van der Waals surface area contributed by atoms with Crippen LogP contribution in [0.5, 0.6) is 0 Å². The molecule has 12 heteroatoms. The smallest absolute Gasteiger partial charge is 0.275 e. The summed E-state index contributed by atoms with van der Waals surface area (Å²) in [4.78, 5) is 24.5. The second kappa shape index (κ2) is 6.24. The molecular formula is C13H13ClN6O3S2. The van der Waals surface area contributed by atoms with E-state index in [1.165, 1.54) is 15.7 Å². The third kappa shape index (κ3) is 3.43. The monoisotopic (exact) mass is 400 g/mol. The van der Waals surface area contributed by atoms with E-state index in [1.54, 1.807) is 32.2 Å². The Kier molecular flexibility index (Phi) is 4.39. The van der Waals surface area contributed by atoms with Gasteiger partial charge in [0.15, 0.2) is 15.1 Å². The lowest BCUT2D eigenvalue weighted by molar-refractivity contribution is 0.256. The van der Waals surface area contributed by atoms with Gasteiger partial charge in [-0.05, 0) is 26.8 Å². The number of urea groups is 1. The normalized spacial score (nSPS) is 11.7. The van der Waals surface area contributed by atoms with E-state index >= 15 is 0 Å². The van der Waals surface area contributed by atoms with E-state index in [1.807, 2.05) is 4.72 Å². The molecule has 0 aliphatic carbocycles. The van der Waals surface area contributed by atoms with E-state index < -0.39 is 16.1 Å². The van der Waals surface area contributed by atoms with Crippen LogP contribution in [0.3, 0.4) is 0 Å². The third-order valence-corrected chi connectivity index (χ3v) is 5.80. The molecular weight excluding hydrogens is 388 g/mol. The van der Waals surface area contributed by atoms with Crippen molar-refractivity contribution in [3.63, 3.8) is 0 Å². The van der Waals surface area contributed by atoms with E-state index in [2.05, 4.69) is 20.3 Å². The molecule has 0 radical (unpaired) electrons. The van der Waals surface area contributed by atoms with Gasteiger partial charge in [-0.2, -0.15) is 8.42 Å². The number of hydrogen-bond acceptors (Lipinski definition) is 7. The molecule has 0 aromatic carbocycles. The first-order valence-corrected chi connectivity index (χ1v) is 9.69. The van der Waals surface area contributed by atoms with Gasteiger partial charge in [0.1, 0.15) is 0 Å². The average Bonchev–Trinajstić information content (AvgIpc) is 2.96. The Hall–Kier alpha value is -2.24. The molecule has 132 valence electrons. The number of halogens is 1. The molecule has 0 unspecified atom stereocenters. The number of nitrogens with one attached hydrogen (secondary N) is 2. The largest absolute Gasteiger partial charge is 0.335 e. The molecule has 2 N–H and O–H groups in total. The van der Waals surface area contributed by atoms with E-state index in [9.17, 15) is 13.2 Å². The Labute approximate surface area is 152 Å². The number of nitrogens with zero attached hydrogens (tertiary/aromatic N) is 4. The Morgan fingerprint density at radius 1 is 1.20 bits per heavy atom. The molecule has 0 fully saturated rings. The topological polar surface area (TPSA) is 118 Å². The second-order valence-corrected chi connectivity index (χ2v) is 8.03. The molecule has 2 amide bonds. The zero-order valence-corrected chi connectivity index (χ0v) is 15.8. The molecule has 0 atom stereocenters. The van der Waals surface area contributed by atoms with Crippen LogP contribution in [0.25, 0.3) is 4.96 Å². The van der Waals surface area contributed by atoms with Crippen LogP contribution < -0.4 is 10.0 Å². The molecule has 3 aromatic heterocycles. The molecule has 0 aliphatic heterocycles. The number of anilines is 1. The highest BCUT2D eigenvalue weighted by Gasteiger charge is 2.28. The summed E-state index contributed by atoms with van der Waals surface area (Å²) in [5.74, 6) is 0.00134. The fraction of sp³-hybridized carbons (Fsp3) is 0.231. The van der Waals surface area contributed by atoms with Gasteiger partial charge in [-0.25, -0.2) is 24.5 Å². The number of sulfonamides is 1. The zero-order chi connectivity index (χ0) is 18.4. The number of thiazole rings is 1. The molecule has 25 heavy (non-hydrogen) atoms. The number of hydrogen-bond donors (Lipinski definition) is 2. The molecule has 9 nitrogen and oxygen atoms in total. The molecule has 3 aromatic rings. The van der Waals surface area contributed by atoms with Crippen LogP contribution in [0.1, 0.15) is 17.1 Å². The van der Waals surface area contributed by atoms with Crippen molar-refractivity contribution in [2.75, 3.05) is 5.32 Å². The van der Waals surface area contributed by atoms with Crippen LogP contribution in [-0.2, 0) is 10.0 Å². The number of carbonyl (C=O) groups excluding carboxylic acids is 1. The summed E-state index contributed by atoms with van der Waals surface area (Å²) in [6.45, 7) is 5.18. The van der Waals surface area contributed by atoms with E-state index in [-0.39, 0.29) is 16.1 Å². The van der Waals surface area contributed by atoms with Gasteiger partial charge in [0.05, 0.1) is 0 Å². The van der Waals surface area contributed by atoms with Crippen molar-refractivity contribution in [1.82, 2.24) is 24.1 Å². The summed E-state index contributed by atoms with van der Waals surface area (Å²) in [6, 6.07) is 0.728. The van der Waals surface area contributed by atoms with Crippen molar-refractivity contribution in [3.05, 3.63) is 33.7 Å². The number of amides is 2. The number of carbonyl (C=O) groups is 1. The summed E-state index contributed by atoms with van der Waals surface area (Å²) < 4.78 is 28.4. The van der Waals surface area contributed by atoms with Crippen LogP contribution in [-0.4, -0.2) is 33.8 Å². The minimum Gasteiger partial charge on any atom is -0.275 e. The van der Waals surface area contributed by atoms with Crippen molar-refractivity contribution >= 4 is 49.9 Å². The predicted molar refractivity (Wildman–Crippen MR) is 93.7 cm³/mol. The Balaban J connectivity index is 1.89. The van der Waals surface area contributed by atoms with Crippen molar-refractivity contribution < 1.29 is 13.2 Å². The van der Waals surface area contributed by atoms with E-state index in [4.69, 9.17) is 11.6 Å². The molecule has 0 saturated heterocycles. The highest BCUT2D eigenvalue weighted by atomic mass is 35.5. The van der Waals surface area contributed by atoms with Crippen molar-refractivity contribution in [1.29, 1.82) is 0 Å². The summed E-state index contributed by atoms with van der Waals surface area (Å²) in [5.41, 5.74) is 1.91. The number of rotatable bonds is 3. The number of fused-ring (bicyclic) bond motifs is 1. The van der Waals surface area contributed by atoms with Gasteiger partial charge < -0.3 is 0 Å². The molecule has 3 heterocycles. The Bertz CT molecular complexity index is 1070. The lowest BCUT2D eigenvalue weighted by Crippen LogP contribution is -2.35. The summed E-state index contributed by atoms with van der Waals surface area (Å²) in [6.07, 6.45) is 0. The summed E-state index contributed by atoms with van der Waals surface area (Å²) in [7, 11) is -4.25. The maximum absolute atomic E-state index is 12.6. The molecule has 0 spiro atoms. The van der Waals surface area contributed by atoms with E-state index in [0.717, 1.165) is 0 Å². The molecule has 0 saturated carbocycles. The van der Waals surface area contributed by atoms with Crippen LogP contribution in [0.2, 0.25) is 5.15 Å². The summed E-state index contributed by atoms with van der Waals surface area (Å²) in [5, 5.41) is 3.53. The van der Waals surface area contributed by atoms with Gasteiger partial charge in [-0.1, -0.05) is 11.6 Å². The molecule has 3 rings (SSSR count). The lowest BCUT2D eigenvalue weighted by Gasteiger charge is -2.08. The lowest BCUT2D eigenvalue weighted by atomic mass is 10.4. The summed E-state index contributed by atoms with van der Waals surface area (Å²) >= 11 is 7.19. The third-order valence-electron chi connectivity index (χ3n) is 3.14. The fourth-order valence-corrected chi connectivity index (χ4v) is 4.83. The number of aryl methyl sites for hydroxylation is 3. The first-order chi connectivity index (χ1) is 11.7. The van der Waals surface area contributed by atoms with Gasteiger partial charge in [-0.15, -0.1) is 11.3 Å². The van der Waals surface area contributed by atoms with Crippen LogP contribution in [0.15, 0.2) is 16.5 Å². The molecule has 0 bridgehead atoms. The van der Waals surface area contributed by atoms with E-state index in [0.29, 0.717) is 22.0 Å². The maximum atomic E-state index is 12.6. The van der Waals surface area contributed by atoms with Crippen molar-refractivity contribution in [2.24, 2.45) is 0 Å². The Morgan fingerprint density at radius 3 is 2.48 bits per heavy atom. The van der Waals surface area contributed by atoms with Crippen molar-refractivity contribution in [3.8, 4) is 0 Å². The maximum Gasteiger partial charge on any atom is 0.335 e.